The Labute approximate surface area is 116 Å². The normalized spacial score (nSPS) is 23.9. The summed E-state index contributed by atoms with van der Waals surface area (Å²) in [6.45, 7) is 0.865. The predicted molar refractivity (Wildman–Crippen MR) is 77.4 cm³/mol. The molecule has 0 heterocycles. The first-order chi connectivity index (χ1) is 8.69. The number of nitrogens with one attached hydrogen (secondary N) is 2. The standard InChI is InChI=1S/C14H20BrFN2/c1-17-12-5-2-10(3-6-12)9-18-14-8-11(15)4-7-13(14)16/h4,7-8,10,12,17-18H,2-3,5-6,9H2,1H3. The quantitative estimate of drug-likeness (QED) is 0.883. The molecule has 0 bridgehead atoms. The summed E-state index contributed by atoms with van der Waals surface area (Å²) in [4.78, 5) is 0. The lowest BCUT2D eigenvalue weighted by molar-refractivity contribution is 0.312. The zero-order valence-corrected chi connectivity index (χ0v) is 12.3. The smallest absolute Gasteiger partial charge is 0.146 e. The summed E-state index contributed by atoms with van der Waals surface area (Å²) in [5.74, 6) is 0.482. The fraction of sp³-hybridized carbons (Fsp3) is 0.571. The molecule has 100 valence electrons. The lowest BCUT2D eigenvalue weighted by atomic mass is 9.86. The average molecular weight is 315 g/mol. The summed E-state index contributed by atoms with van der Waals surface area (Å²) < 4.78 is 14.5. The molecule has 0 aromatic heterocycles. The second-order valence-electron chi connectivity index (χ2n) is 5.01. The van der Waals surface area contributed by atoms with Gasteiger partial charge in [-0.1, -0.05) is 15.9 Å². The van der Waals surface area contributed by atoms with Crippen molar-refractivity contribution in [2.45, 2.75) is 31.7 Å². The second kappa shape index (κ2) is 6.53. The van der Waals surface area contributed by atoms with Crippen LogP contribution >= 0.6 is 15.9 Å². The van der Waals surface area contributed by atoms with E-state index in [-0.39, 0.29) is 5.82 Å². The molecule has 0 atom stereocenters. The monoisotopic (exact) mass is 314 g/mol. The highest BCUT2D eigenvalue weighted by Gasteiger charge is 2.19. The molecule has 18 heavy (non-hydrogen) atoms. The first-order valence-electron chi connectivity index (χ1n) is 6.55. The van der Waals surface area contributed by atoms with Crippen LogP contribution < -0.4 is 10.6 Å². The van der Waals surface area contributed by atoms with Gasteiger partial charge in [-0.25, -0.2) is 4.39 Å². The molecule has 0 spiro atoms. The van der Waals surface area contributed by atoms with Crippen LogP contribution in [0.4, 0.5) is 10.1 Å². The Bertz CT molecular complexity index is 389. The van der Waals surface area contributed by atoms with Gasteiger partial charge in [0.1, 0.15) is 5.82 Å². The summed E-state index contributed by atoms with van der Waals surface area (Å²) in [6.07, 6.45) is 4.88. The molecule has 1 aliphatic rings. The van der Waals surface area contributed by atoms with Crippen LogP contribution in [0, 0.1) is 11.7 Å². The lowest BCUT2D eigenvalue weighted by Crippen LogP contribution is -2.32. The maximum absolute atomic E-state index is 13.5. The van der Waals surface area contributed by atoms with E-state index in [4.69, 9.17) is 0 Å². The van der Waals surface area contributed by atoms with E-state index in [2.05, 4.69) is 26.6 Å². The van der Waals surface area contributed by atoms with E-state index in [1.54, 1.807) is 12.1 Å². The van der Waals surface area contributed by atoms with Gasteiger partial charge < -0.3 is 10.6 Å². The number of anilines is 1. The minimum Gasteiger partial charge on any atom is -0.382 e. The van der Waals surface area contributed by atoms with E-state index in [1.807, 2.05) is 7.05 Å². The molecule has 0 radical (unpaired) electrons. The van der Waals surface area contributed by atoms with Gasteiger partial charge in [0.2, 0.25) is 0 Å². The minimum atomic E-state index is -0.179. The van der Waals surface area contributed by atoms with Crippen molar-refractivity contribution in [1.29, 1.82) is 0 Å². The Morgan fingerprint density at radius 2 is 2.00 bits per heavy atom. The summed E-state index contributed by atoms with van der Waals surface area (Å²) in [7, 11) is 2.03. The van der Waals surface area contributed by atoms with Gasteiger partial charge in [-0.3, -0.25) is 0 Å². The van der Waals surface area contributed by atoms with Crippen LogP contribution in [0.1, 0.15) is 25.7 Å². The van der Waals surface area contributed by atoms with Gasteiger partial charge in [0.25, 0.3) is 0 Å². The SMILES string of the molecule is CNC1CCC(CNc2cc(Br)ccc2F)CC1. The van der Waals surface area contributed by atoms with E-state index in [9.17, 15) is 4.39 Å². The molecule has 2 N–H and O–H groups in total. The van der Waals surface area contributed by atoms with E-state index >= 15 is 0 Å². The Hall–Kier alpha value is -0.610. The van der Waals surface area contributed by atoms with Crippen molar-refractivity contribution in [1.82, 2.24) is 5.32 Å². The van der Waals surface area contributed by atoms with Crippen molar-refractivity contribution in [3.8, 4) is 0 Å². The van der Waals surface area contributed by atoms with E-state index in [0.29, 0.717) is 17.6 Å². The first-order valence-corrected chi connectivity index (χ1v) is 7.34. The molecule has 0 saturated heterocycles. The Balaban J connectivity index is 1.83. The van der Waals surface area contributed by atoms with Crippen molar-refractivity contribution in [2.24, 2.45) is 5.92 Å². The van der Waals surface area contributed by atoms with Crippen LogP contribution in [0.25, 0.3) is 0 Å². The van der Waals surface area contributed by atoms with E-state index in [0.717, 1.165) is 11.0 Å². The number of hydrogen-bond donors (Lipinski definition) is 2. The molecule has 1 aliphatic carbocycles. The Kier molecular flexibility index (Phi) is 5.01. The molecule has 1 aromatic carbocycles. The summed E-state index contributed by atoms with van der Waals surface area (Å²) in [6, 6.07) is 5.68. The topological polar surface area (TPSA) is 24.1 Å². The average Bonchev–Trinajstić information content (AvgIpc) is 2.40. The van der Waals surface area contributed by atoms with Gasteiger partial charge in [-0.05, 0) is 56.8 Å². The van der Waals surface area contributed by atoms with Gasteiger partial charge in [-0.2, -0.15) is 0 Å². The van der Waals surface area contributed by atoms with Gasteiger partial charge in [-0.15, -0.1) is 0 Å². The van der Waals surface area contributed by atoms with Crippen molar-refractivity contribution in [3.05, 3.63) is 28.5 Å². The van der Waals surface area contributed by atoms with Crippen LogP contribution in [0.15, 0.2) is 22.7 Å². The number of benzene rings is 1. The Morgan fingerprint density at radius 1 is 1.28 bits per heavy atom. The van der Waals surface area contributed by atoms with Gasteiger partial charge in [0, 0.05) is 17.1 Å². The highest BCUT2D eigenvalue weighted by Crippen LogP contribution is 2.26. The highest BCUT2D eigenvalue weighted by molar-refractivity contribution is 9.10. The molecule has 0 aliphatic heterocycles. The lowest BCUT2D eigenvalue weighted by Gasteiger charge is -2.28. The fourth-order valence-electron chi connectivity index (χ4n) is 2.54. The largest absolute Gasteiger partial charge is 0.382 e. The molecule has 2 rings (SSSR count). The minimum absolute atomic E-state index is 0.179. The van der Waals surface area contributed by atoms with Crippen LogP contribution in [-0.2, 0) is 0 Å². The molecule has 0 amide bonds. The second-order valence-corrected chi connectivity index (χ2v) is 5.93. The summed E-state index contributed by atoms with van der Waals surface area (Å²) in [5, 5.41) is 6.56. The van der Waals surface area contributed by atoms with Crippen molar-refractivity contribution in [2.75, 3.05) is 18.9 Å². The third-order valence-electron chi connectivity index (χ3n) is 3.76. The third-order valence-corrected chi connectivity index (χ3v) is 4.26. The number of hydrogen-bond acceptors (Lipinski definition) is 2. The third kappa shape index (κ3) is 3.69. The number of halogens is 2. The Morgan fingerprint density at radius 3 is 2.67 bits per heavy atom. The van der Waals surface area contributed by atoms with Crippen LogP contribution in [0.5, 0.6) is 0 Å². The predicted octanol–water partition coefficient (Wildman–Crippen LogP) is 3.78. The zero-order chi connectivity index (χ0) is 13.0. The molecule has 1 aromatic rings. The molecule has 4 heteroatoms. The molecule has 1 saturated carbocycles. The maximum atomic E-state index is 13.5. The maximum Gasteiger partial charge on any atom is 0.146 e. The highest BCUT2D eigenvalue weighted by atomic mass is 79.9. The van der Waals surface area contributed by atoms with E-state index < -0.39 is 0 Å². The van der Waals surface area contributed by atoms with E-state index in [1.165, 1.54) is 31.7 Å². The molecular weight excluding hydrogens is 295 g/mol. The van der Waals surface area contributed by atoms with Crippen molar-refractivity contribution in [3.63, 3.8) is 0 Å². The fourth-order valence-corrected chi connectivity index (χ4v) is 2.90. The van der Waals surface area contributed by atoms with Crippen LogP contribution in [0.2, 0.25) is 0 Å². The first kappa shape index (κ1) is 13.8. The zero-order valence-electron chi connectivity index (χ0n) is 10.7. The van der Waals surface area contributed by atoms with Gasteiger partial charge >= 0.3 is 0 Å². The van der Waals surface area contributed by atoms with Gasteiger partial charge in [0.05, 0.1) is 5.69 Å². The van der Waals surface area contributed by atoms with Crippen LogP contribution in [-0.4, -0.2) is 19.6 Å². The van der Waals surface area contributed by atoms with Gasteiger partial charge in [0.15, 0.2) is 0 Å². The molecule has 0 unspecified atom stereocenters. The van der Waals surface area contributed by atoms with Crippen molar-refractivity contribution < 1.29 is 4.39 Å². The molecule has 1 fully saturated rings. The van der Waals surface area contributed by atoms with Crippen LogP contribution in [0.3, 0.4) is 0 Å². The summed E-state index contributed by atoms with van der Waals surface area (Å²) >= 11 is 3.36. The number of rotatable bonds is 4. The summed E-state index contributed by atoms with van der Waals surface area (Å²) in [5.41, 5.74) is 0.597. The molecule has 2 nitrogen and oxygen atoms in total. The molecular formula is C14H20BrFN2. The van der Waals surface area contributed by atoms with Crippen molar-refractivity contribution >= 4 is 21.6 Å².